The third-order valence-corrected chi connectivity index (χ3v) is 4.64. The maximum Gasteiger partial charge on any atom is 0.328 e. The van der Waals surface area contributed by atoms with Crippen molar-refractivity contribution >= 4 is 22.8 Å². The van der Waals surface area contributed by atoms with E-state index in [0.717, 1.165) is 16.5 Å². The fourth-order valence-corrected chi connectivity index (χ4v) is 3.36. The van der Waals surface area contributed by atoms with E-state index < -0.39 is 12.0 Å². The number of hydrogen-bond donors (Lipinski definition) is 1. The Morgan fingerprint density at radius 1 is 1.32 bits per heavy atom. The molecule has 126 valence electrons. The monoisotopic (exact) mass is 335 g/mol. The van der Waals surface area contributed by atoms with Gasteiger partial charge in [-0.3, -0.25) is 9.78 Å². The van der Waals surface area contributed by atoms with Crippen molar-refractivity contribution in [2.45, 2.75) is 19.0 Å². The fraction of sp³-hybridized carbons (Fsp3) is 0.211. The van der Waals surface area contributed by atoms with Crippen LogP contribution in [0.15, 0.2) is 48.8 Å². The lowest BCUT2D eigenvalue weighted by Crippen LogP contribution is -2.43. The molecule has 0 saturated heterocycles. The number of aromatic amines is 1. The van der Waals surface area contributed by atoms with E-state index >= 15 is 0 Å². The minimum atomic E-state index is -0.689. The largest absolute Gasteiger partial charge is 0.467 e. The van der Waals surface area contributed by atoms with Gasteiger partial charge < -0.3 is 14.6 Å². The van der Waals surface area contributed by atoms with Crippen molar-refractivity contribution in [1.29, 1.82) is 0 Å². The van der Waals surface area contributed by atoms with Crippen LogP contribution in [0.5, 0.6) is 0 Å². The number of nitrogens with one attached hydrogen (secondary N) is 1. The van der Waals surface area contributed by atoms with Crippen molar-refractivity contribution in [1.82, 2.24) is 14.9 Å². The predicted octanol–water partition coefficient (Wildman–Crippen LogP) is 2.30. The number of methoxy groups -OCH3 is 1. The number of esters is 1. The molecular weight excluding hydrogens is 318 g/mol. The van der Waals surface area contributed by atoms with Gasteiger partial charge in [0.25, 0.3) is 5.91 Å². The number of pyridine rings is 1. The zero-order chi connectivity index (χ0) is 17.4. The zero-order valence-electron chi connectivity index (χ0n) is 13.7. The number of ether oxygens (including phenoxy) is 1. The molecule has 0 radical (unpaired) electrons. The second-order valence-corrected chi connectivity index (χ2v) is 6.03. The van der Waals surface area contributed by atoms with E-state index in [9.17, 15) is 9.59 Å². The highest BCUT2D eigenvalue weighted by Gasteiger charge is 2.38. The number of para-hydroxylation sites is 1. The van der Waals surface area contributed by atoms with Crippen LogP contribution in [0.4, 0.5) is 0 Å². The lowest BCUT2D eigenvalue weighted by atomic mass is 10.0. The van der Waals surface area contributed by atoms with Gasteiger partial charge in [-0.2, -0.15) is 0 Å². The van der Waals surface area contributed by atoms with Crippen molar-refractivity contribution in [3.05, 3.63) is 65.6 Å². The zero-order valence-corrected chi connectivity index (χ0v) is 13.7. The molecule has 1 aliphatic rings. The second-order valence-electron chi connectivity index (χ2n) is 6.03. The first-order valence-corrected chi connectivity index (χ1v) is 8.06. The van der Waals surface area contributed by atoms with E-state index in [1.54, 1.807) is 23.2 Å². The Labute approximate surface area is 144 Å². The summed E-state index contributed by atoms with van der Waals surface area (Å²) < 4.78 is 4.97. The molecule has 25 heavy (non-hydrogen) atoms. The highest BCUT2D eigenvalue weighted by Crippen LogP contribution is 2.27. The molecule has 2 aromatic heterocycles. The van der Waals surface area contributed by atoms with Gasteiger partial charge in [0.05, 0.1) is 24.9 Å². The van der Waals surface area contributed by atoms with E-state index in [-0.39, 0.29) is 5.91 Å². The molecule has 6 nitrogen and oxygen atoms in total. The molecule has 0 unspecified atom stereocenters. The SMILES string of the molecule is COC(=O)[C@H](Cc1c[nH]c2ccccc12)N1Cc2ncccc2C1=O. The van der Waals surface area contributed by atoms with Gasteiger partial charge in [0.1, 0.15) is 6.04 Å². The molecule has 0 bridgehead atoms. The predicted molar refractivity (Wildman–Crippen MR) is 91.9 cm³/mol. The smallest absolute Gasteiger partial charge is 0.328 e. The Balaban J connectivity index is 1.68. The number of nitrogens with zero attached hydrogens (tertiary/aromatic N) is 2. The van der Waals surface area contributed by atoms with Gasteiger partial charge in [0.2, 0.25) is 0 Å². The summed E-state index contributed by atoms with van der Waals surface area (Å²) in [5, 5.41) is 1.04. The quantitative estimate of drug-likeness (QED) is 0.743. The first kappa shape index (κ1) is 15.4. The van der Waals surface area contributed by atoms with E-state index in [4.69, 9.17) is 4.74 Å². The van der Waals surface area contributed by atoms with Crippen LogP contribution in [0.1, 0.15) is 21.6 Å². The first-order valence-electron chi connectivity index (χ1n) is 8.06. The number of carbonyl (C=O) groups excluding carboxylic acids is 2. The Bertz CT molecular complexity index is 963. The van der Waals surface area contributed by atoms with Crippen LogP contribution in [0.3, 0.4) is 0 Å². The highest BCUT2D eigenvalue weighted by molar-refractivity contribution is 6.00. The number of benzene rings is 1. The van der Waals surface area contributed by atoms with Gasteiger partial charge in [-0.25, -0.2) is 4.79 Å². The summed E-state index contributed by atoms with van der Waals surface area (Å²) in [5.41, 5.74) is 3.22. The van der Waals surface area contributed by atoms with Gasteiger partial charge in [-0.05, 0) is 23.8 Å². The molecule has 1 atom stereocenters. The van der Waals surface area contributed by atoms with E-state index in [2.05, 4.69) is 9.97 Å². The number of amides is 1. The van der Waals surface area contributed by atoms with Gasteiger partial charge in [-0.15, -0.1) is 0 Å². The van der Waals surface area contributed by atoms with E-state index in [1.807, 2.05) is 30.5 Å². The lowest BCUT2D eigenvalue weighted by Gasteiger charge is -2.25. The topological polar surface area (TPSA) is 75.3 Å². The molecule has 1 N–H and O–H groups in total. The second kappa shape index (κ2) is 6.05. The summed E-state index contributed by atoms with van der Waals surface area (Å²) in [7, 11) is 1.34. The van der Waals surface area contributed by atoms with Crippen molar-refractivity contribution in [3.8, 4) is 0 Å². The van der Waals surface area contributed by atoms with Crippen LogP contribution in [0.25, 0.3) is 10.9 Å². The van der Waals surface area contributed by atoms with E-state index in [0.29, 0.717) is 24.2 Å². The molecule has 0 aliphatic carbocycles. The first-order chi connectivity index (χ1) is 12.2. The maximum atomic E-state index is 12.7. The Kier molecular flexibility index (Phi) is 3.72. The molecule has 3 aromatic rings. The fourth-order valence-electron chi connectivity index (χ4n) is 3.36. The van der Waals surface area contributed by atoms with Crippen molar-refractivity contribution in [2.75, 3.05) is 7.11 Å². The number of H-pyrrole nitrogens is 1. The molecule has 3 heterocycles. The average Bonchev–Trinajstić information content (AvgIpc) is 3.21. The number of rotatable bonds is 4. The Morgan fingerprint density at radius 2 is 2.16 bits per heavy atom. The number of hydrogen-bond acceptors (Lipinski definition) is 4. The van der Waals surface area contributed by atoms with Crippen LogP contribution in [-0.2, 0) is 22.5 Å². The van der Waals surface area contributed by atoms with Crippen LogP contribution in [0, 0.1) is 0 Å². The molecule has 1 amide bonds. The molecule has 0 spiro atoms. The number of carbonyl (C=O) groups is 2. The lowest BCUT2D eigenvalue weighted by molar-refractivity contribution is -0.146. The summed E-state index contributed by atoms with van der Waals surface area (Å²) in [4.78, 5) is 34.1. The summed E-state index contributed by atoms with van der Waals surface area (Å²) in [6, 6.07) is 10.7. The van der Waals surface area contributed by atoms with Crippen LogP contribution in [0.2, 0.25) is 0 Å². The molecule has 4 rings (SSSR count). The maximum absolute atomic E-state index is 12.7. The third kappa shape index (κ3) is 2.55. The van der Waals surface area contributed by atoms with Crippen LogP contribution < -0.4 is 0 Å². The molecule has 1 aromatic carbocycles. The van der Waals surface area contributed by atoms with Crippen molar-refractivity contribution in [2.24, 2.45) is 0 Å². The highest BCUT2D eigenvalue weighted by atomic mass is 16.5. The molecule has 1 aliphatic heterocycles. The standard InChI is InChI=1S/C19H17N3O3/c1-25-19(24)17(9-12-10-21-15-7-3-2-5-13(12)15)22-11-16-14(18(22)23)6-4-8-20-16/h2-8,10,17,21H,9,11H2,1H3/t17-/m0/s1. The summed E-state index contributed by atoms with van der Waals surface area (Å²) in [6.45, 7) is 0.317. The summed E-state index contributed by atoms with van der Waals surface area (Å²) in [5.74, 6) is -0.607. The number of fused-ring (bicyclic) bond motifs is 2. The van der Waals surface area contributed by atoms with E-state index in [1.165, 1.54) is 7.11 Å². The van der Waals surface area contributed by atoms with Crippen LogP contribution >= 0.6 is 0 Å². The molecule has 6 heteroatoms. The van der Waals surface area contributed by atoms with Gasteiger partial charge >= 0.3 is 5.97 Å². The summed E-state index contributed by atoms with van der Waals surface area (Å²) >= 11 is 0. The van der Waals surface area contributed by atoms with Gasteiger partial charge in [0.15, 0.2) is 0 Å². The molecule has 0 saturated carbocycles. The van der Waals surface area contributed by atoms with Crippen LogP contribution in [-0.4, -0.2) is 39.9 Å². The molecular formula is C19H17N3O3. The normalized spacial score (nSPS) is 14.6. The molecule has 0 fully saturated rings. The third-order valence-electron chi connectivity index (χ3n) is 4.64. The average molecular weight is 335 g/mol. The van der Waals surface area contributed by atoms with Gasteiger partial charge in [-0.1, -0.05) is 18.2 Å². The minimum Gasteiger partial charge on any atom is -0.467 e. The Morgan fingerprint density at radius 3 is 2.96 bits per heavy atom. The van der Waals surface area contributed by atoms with Gasteiger partial charge in [0, 0.05) is 29.7 Å². The minimum absolute atomic E-state index is 0.182. The summed E-state index contributed by atoms with van der Waals surface area (Å²) in [6.07, 6.45) is 3.92. The van der Waals surface area contributed by atoms with Crippen molar-refractivity contribution < 1.29 is 14.3 Å². The Hall–Kier alpha value is -3.15. The number of aromatic nitrogens is 2. The van der Waals surface area contributed by atoms with Crippen molar-refractivity contribution in [3.63, 3.8) is 0 Å².